The zero-order valence-electron chi connectivity index (χ0n) is 12.3. The maximum absolute atomic E-state index is 7.44. The standard InChI is InChI=1S/C16H21N5/c1-2-6-13-11-16(20-12-19-13)21(10-9-15(17)18)14-7-4-3-5-8-14/h3-5,7-8,11-12H,2,6,9-10H2,1H3,(H3,17,18). The second-order valence-corrected chi connectivity index (χ2v) is 4.88. The van der Waals surface area contributed by atoms with Crippen molar-refractivity contribution in [1.29, 1.82) is 5.41 Å². The molecule has 0 aliphatic carbocycles. The fourth-order valence-corrected chi connectivity index (χ4v) is 2.14. The minimum atomic E-state index is 0.179. The van der Waals surface area contributed by atoms with E-state index in [2.05, 4.69) is 21.8 Å². The number of nitrogens with two attached hydrogens (primary N) is 1. The Kier molecular flexibility index (Phi) is 5.26. The van der Waals surface area contributed by atoms with E-state index in [1.54, 1.807) is 6.33 Å². The van der Waals surface area contributed by atoms with Gasteiger partial charge in [0.1, 0.15) is 12.1 Å². The molecule has 0 aliphatic heterocycles. The minimum Gasteiger partial charge on any atom is -0.388 e. The van der Waals surface area contributed by atoms with Crippen LogP contribution < -0.4 is 10.6 Å². The molecule has 0 saturated heterocycles. The van der Waals surface area contributed by atoms with Gasteiger partial charge in [-0.3, -0.25) is 5.41 Å². The maximum Gasteiger partial charge on any atom is 0.136 e. The van der Waals surface area contributed by atoms with E-state index in [4.69, 9.17) is 11.1 Å². The summed E-state index contributed by atoms with van der Waals surface area (Å²) < 4.78 is 0. The molecule has 0 saturated carbocycles. The van der Waals surface area contributed by atoms with Gasteiger partial charge in [-0.1, -0.05) is 31.5 Å². The van der Waals surface area contributed by atoms with Gasteiger partial charge in [0.05, 0.1) is 5.84 Å². The predicted octanol–water partition coefficient (Wildman–Crippen LogP) is 2.89. The molecule has 0 radical (unpaired) electrons. The Balaban J connectivity index is 2.30. The van der Waals surface area contributed by atoms with Crippen molar-refractivity contribution < 1.29 is 0 Å². The van der Waals surface area contributed by atoms with Gasteiger partial charge in [-0.2, -0.15) is 0 Å². The molecule has 0 fully saturated rings. The second-order valence-electron chi connectivity index (χ2n) is 4.88. The van der Waals surface area contributed by atoms with Gasteiger partial charge in [0.2, 0.25) is 0 Å². The average molecular weight is 283 g/mol. The molecular weight excluding hydrogens is 262 g/mol. The maximum atomic E-state index is 7.44. The summed E-state index contributed by atoms with van der Waals surface area (Å²) in [6.45, 7) is 2.76. The minimum absolute atomic E-state index is 0.179. The van der Waals surface area contributed by atoms with Gasteiger partial charge in [0.25, 0.3) is 0 Å². The van der Waals surface area contributed by atoms with Crippen LogP contribution in [0.2, 0.25) is 0 Å². The van der Waals surface area contributed by atoms with Gasteiger partial charge in [0.15, 0.2) is 0 Å². The van der Waals surface area contributed by atoms with Crippen LogP contribution in [0.25, 0.3) is 0 Å². The smallest absolute Gasteiger partial charge is 0.136 e. The number of anilines is 2. The number of nitrogens with zero attached hydrogens (tertiary/aromatic N) is 3. The van der Waals surface area contributed by atoms with Gasteiger partial charge in [-0.15, -0.1) is 0 Å². The van der Waals surface area contributed by atoms with E-state index < -0.39 is 0 Å². The molecule has 5 nitrogen and oxygen atoms in total. The Labute approximate surface area is 125 Å². The lowest BCUT2D eigenvalue weighted by Gasteiger charge is -2.24. The molecule has 3 N–H and O–H groups in total. The van der Waals surface area contributed by atoms with Crippen LogP contribution in [0.4, 0.5) is 11.5 Å². The molecule has 0 atom stereocenters. The molecule has 1 aromatic carbocycles. The number of hydrogen-bond acceptors (Lipinski definition) is 4. The van der Waals surface area contributed by atoms with Crippen LogP contribution in [-0.2, 0) is 6.42 Å². The lowest BCUT2D eigenvalue weighted by atomic mass is 10.2. The zero-order valence-corrected chi connectivity index (χ0v) is 12.3. The van der Waals surface area contributed by atoms with Crippen LogP contribution in [0.15, 0.2) is 42.7 Å². The quantitative estimate of drug-likeness (QED) is 0.605. The molecule has 1 heterocycles. The van der Waals surface area contributed by atoms with Gasteiger partial charge in [0, 0.05) is 30.4 Å². The number of hydrogen-bond donors (Lipinski definition) is 2. The Morgan fingerprint density at radius 1 is 1.24 bits per heavy atom. The summed E-state index contributed by atoms with van der Waals surface area (Å²) in [5.41, 5.74) is 7.57. The average Bonchev–Trinajstić information content (AvgIpc) is 2.49. The van der Waals surface area contributed by atoms with Crippen molar-refractivity contribution >= 4 is 17.3 Å². The third-order valence-electron chi connectivity index (χ3n) is 3.16. The van der Waals surface area contributed by atoms with E-state index in [9.17, 15) is 0 Å². The third-order valence-corrected chi connectivity index (χ3v) is 3.16. The Hall–Kier alpha value is -2.43. The van der Waals surface area contributed by atoms with Crippen molar-refractivity contribution in [3.05, 3.63) is 48.4 Å². The first-order chi connectivity index (χ1) is 10.2. The monoisotopic (exact) mass is 283 g/mol. The van der Waals surface area contributed by atoms with Crippen LogP contribution in [0.5, 0.6) is 0 Å². The topological polar surface area (TPSA) is 78.9 Å². The van der Waals surface area contributed by atoms with Gasteiger partial charge >= 0.3 is 0 Å². The molecule has 0 aliphatic rings. The van der Waals surface area contributed by atoms with E-state index in [0.29, 0.717) is 13.0 Å². The van der Waals surface area contributed by atoms with E-state index in [-0.39, 0.29) is 5.84 Å². The summed E-state index contributed by atoms with van der Waals surface area (Å²) in [4.78, 5) is 10.7. The number of amidine groups is 1. The second kappa shape index (κ2) is 7.38. The third kappa shape index (κ3) is 4.27. The highest BCUT2D eigenvalue weighted by molar-refractivity contribution is 5.78. The highest BCUT2D eigenvalue weighted by Crippen LogP contribution is 2.23. The molecule has 0 spiro atoms. The molecule has 5 heteroatoms. The number of benzene rings is 1. The Morgan fingerprint density at radius 2 is 2.00 bits per heavy atom. The predicted molar refractivity (Wildman–Crippen MR) is 86.0 cm³/mol. The molecule has 0 unspecified atom stereocenters. The molecule has 2 aromatic rings. The number of nitrogens with one attached hydrogen (secondary N) is 1. The first-order valence-corrected chi connectivity index (χ1v) is 7.17. The largest absolute Gasteiger partial charge is 0.388 e. The lowest BCUT2D eigenvalue weighted by molar-refractivity contribution is 0.859. The van der Waals surface area contributed by atoms with Crippen molar-refractivity contribution in [2.24, 2.45) is 5.73 Å². The molecule has 0 bridgehead atoms. The summed E-state index contributed by atoms with van der Waals surface area (Å²) >= 11 is 0. The van der Waals surface area contributed by atoms with E-state index in [1.807, 2.05) is 36.4 Å². The first-order valence-electron chi connectivity index (χ1n) is 7.17. The summed E-state index contributed by atoms with van der Waals surface area (Å²) in [6.07, 6.45) is 4.09. The molecule has 21 heavy (non-hydrogen) atoms. The van der Waals surface area contributed by atoms with E-state index >= 15 is 0 Å². The highest BCUT2D eigenvalue weighted by Gasteiger charge is 2.11. The van der Waals surface area contributed by atoms with Gasteiger partial charge in [-0.25, -0.2) is 9.97 Å². The van der Waals surface area contributed by atoms with Gasteiger partial charge < -0.3 is 10.6 Å². The summed E-state index contributed by atoms with van der Waals surface area (Å²) in [5, 5.41) is 7.44. The number of aromatic nitrogens is 2. The zero-order chi connectivity index (χ0) is 15.1. The van der Waals surface area contributed by atoms with Crippen molar-refractivity contribution in [3.63, 3.8) is 0 Å². The first kappa shape index (κ1) is 15.0. The summed E-state index contributed by atoms with van der Waals surface area (Å²) in [7, 11) is 0. The van der Waals surface area contributed by atoms with Crippen LogP contribution in [0.3, 0.4) is 0 Å². The SMILES string of the molecule is CCCc1cc(N(CCC(=N)N)c2ccccc2)ncn1. The molecule has 0 amide bonds. The van der Waals surface area contributed by atoms with E-state index in [0.717, 1.165) is 30.0 Å². The van der Waals surface area contributed by atoms with Gasteiger partial charge in [-0.05, 0) is 18.6 Å². The van der Waals surface area contributed by atoms with Crippen LogP contribution in [-0.4, -0.2) is 22.3 Å². The van der Waals surface area contributed by atoms with Crippen LogP contribution in [0, 0.1) is 5.41 Å². The normalized spacial score (nSPS) is 10.3. The van der Waals surface area contributed by atoms with Crippen LogP contribution >= 0.6 is 0 Å². The van der Waals surface area contributed by atoms with Crippen molar-refractivity contribution in [3.8, 4) is 0 Å². The summed E-state index contributed by atoms with van der Waals surface area (Å²) in [6, 6.07) is 12.0. The van der Waals surface area contributed by atoms with Crippen molar-refractivity contribution in [1.82, 2.24) is 9.97 Å². The molecular formula is C16H21N5. The van der Waals surface area contributed by atoms with Crippen molar-refractivity contribution in [2.75, 3.05) is 11.4 Å². The number of aryl methyl sites for hydroxylation is 1. The molecule has 110 valence electrons. The van der Waals surface area contributed by atoms with Crippen molar-refractivity contribution in [2.45, 2.75) is 26.2 Å². The molecule has 2 rings (SSSR count). The molecule has 1 aromatic heterocycles. The lowest BCUT2D eigenvalue weighted by Crippen LogP contribution is -2.24. The highest BCUT2D eigenvalue weighted by atomic mass is 15.2. The fourth-order valence-electron chi connectivity index (χ4n) is 2.14. The number of rotatable bonds is 7. The summed E-state index contributed by atoms with van der Waals surface area (Å²) in [5.74, 6) is 1.03. The number of para-hydroxylation sites is 1. The Bertz CT molecular complexity index is 582. The van der Waals surface area contributed by atoms with Crippen LogP contribution in [0.1, 0.15) is 25.5 Å². The van der Waals surface area contributed by atoms with E-state index in [1.165, 1.54) is 0 Å². The Morgan fingerprint density at radius 3 is 2.67 bits per heavy atom. The fraction of sp³-hybridized carbons (Fsp3) is 0.312.